The van der Waals surface area contributed by atoms with Gasteiger partial charge >= 0.3 is 0 Å². The minimum atomic E-state index is 0.616. The molecule has 86 valence electrons. The molecule has 0 saturated heterocycles. The summed E-state index contributed by atoms with van der Waals surface area (Å²) in [5.74, 6) is 1.43. The predicted octanol–water partition coefficient (Wildman–Crippen LogP) is 2.23. The number of thiophene rings is 1. The van der Waals surface area contributed by atoms with E-state index >= 15 is 0 Å². The molecule has 3 heterocycles. The summed E-state index contributed by atoms with van der Waals surface area (Å²) < 4.78 is 1.76. The molecule has 3 aromatic rings. The van der Waals surface area contributed by atoms with E-state index < -0.39 is 0 Å². The molecule has 0 aliphatic heterocycles. The average molecular weight is 245 g/mol. The largest absolute Gasteiger partial charge is 0.357 e. The van der Waals surface area contributed by atoms with Crippen LogP contribution in [0, 0.1) is 6.92 Å². The molecule has 0 amide bonds. The van der Waals surface area contributed by atoms with Crippen molar-refractivity contribution in [2.24, 2.45) is 0 Å². The van der Waals surface area contributed by atoms with E-state index in [-0.39, 0.29) is 0 Å². The molecular weight excluding hydrogens is 234 g/mol. The van der Waals surface area contributed by atoms with Gasteiger partial charge in [-0.1, -0.05) is 0 Å². The van der Waals surface area contributed by atoms with Crippen LogP contribution in [-0.4, -0.2) is 26.8 Å². The van der Waals surface area contributed by atoms with Gasteiger partial charge in [0, 0.05) is 24.3 Å². The molecule has 5 nitrogen and oxygen atoms in total. The number of fused-ring (bicyclic) bond motifs is 1. The summed E-state index contributed by atoms with van der Waals surface area (Å²) in [5, 5.41) is 8.24. The SMILES string of the molecule is CNc1nc(-n2cccn2)c2cc(C)sc2n1. The van der Waals surface area contributed by atoms with Crippen molar-refractivity contribution in [1.29, 1.82) is 0 Å². The summed E-state index contributed by atoms with van der Waals surface area (Å²) in [6.07, 6.45) is 3.63. The highest BCUT2D eigenvalue weighted by molar-refractivity contribution is 7.18. The molecule has 0 aliphatic carbocycles. The highest BCUT2D eigenvalue weighted by atomic mass is 32.1. The van der Waals surface area contributed by atoms with Crippen molar-refractivity contribution in [3.63, 3.8) is 0 Å². The van der Waals surface area contributed by atoms with Crippen LogP contribution in [0.4, 0.5) is 5.95 Å². The van der Waals surface area contributed by atoms with Crippen LogP contribution in [-0.2, 0) is 0 Å². The number of rotatable bonds is 2. The van der Waals surface area contributed by atoms with Gasteiger partial charge in [0.05, 0.1) is 5.39 Å². The number of aryl methyl sites for hydroxylation is 1. The van der Waals surface area contributed by atoms with Gasteiger partial charge in [0.2, 0.25) is 5.95 Å². The van der Waals surface area contributed by atoms with Crippen LogP contribution in [0.25, 0.3) is 16.0 Å². The molecule has 0 aromatic carbocycles. The Labute approximate surface area is 102 Å². The van der Waals surface area contributed by atoms with Crippen LogP contribution >= 0.6 is 11.3 Å². The van der Waals surface area contributed by atoms with Gasteiger partial charge < -0.3 is 5.32 Å². The summed E-state index contributed by atoms with van der Waals surface area (Å²) in [6.45, 7) is 2.07. The van der Waals surface area contributed by atoms with Crippen LogP contribution in [0.2, 0.25) is 0 Å². The second kappa shape index (κ2) is 3.81. The fraction of sp³-hybridized carbons (Fsp3) is 0.182. The van der Waals surface area contributed by atoms with Gasteiger partial charge in [-0.05, 0) is 19.1 Å². The van der Waals surface area contributed by atoms with E-state index in [0.717, 1.165) is 16.0 Å². The molecule has 3 rings (SSSR count). The van der Waals surface area contributed by atoms with Gasteiger partial charge in [-0.2, -0.15) is 10.1 Å². The lowest BCUT2D eigenvalue weighted by Gasteiger charge is -2.04. The van der Waals surface area contributed by atoms with E-state index in [4.69, 9.17) is 0 Å². The van der Waals surface area contributed by atoms with E-state index in [9.17, 15) is 0 Å². The Balaban J connectivity index is 2.34. The molecule has 0 bridgehead atoms. The monoisotopic (exact) mass is 245 g/mol. The van der Waals surface area contributed by atoms with Crippen molar-refractivity contribution in [1.82, 2.24) is 19.7 Å². The number of aromatic nitrogens is 4. The minimum Gasteiger partial charge on any atom is -0.357 e. The minimum absolute atomic E-state index is 0.616. The first-order valence-corrected chi connectivity index (χ1v) is 6.05. The van der Waals surface area contributed by atoms with Gasteiger partial charge in [-0.25, -0.2) is 9.67 Å². The number of hydrogen-bond donors (Lipinski definition) is 1. The molecule has 1 N–H and O–H groups in total. The average Bonchev–Trinajstić information content (AvgIpc) is 2.94. The molecular formula is C11H11N5S. The topological polar surface area (TPSA) is 55.6 Å². The smallest absolute Gasteiger partial charge is 0.225 e. The number of nitrogens with zero attached hydrogens (tertiary/aromatic N) is 4. The first-order valence-electron chi connectivity index (χ1n) is 5.24. The summed E-state index contributed by atoms with van der Waals surface area (Å²) in [4.78, 5) is 11.1. The van der Waals surface area contributed by atoms with Crippen LogP contribution in [0.5, 0.6) is 0 Å². The van der Waals surface area contributed by atoms with Crippen molar-refractivity contribution < 1.29 is 0 Å². The first kappa shape index (κ1) is 10.2. The maximum atomic E-state index is 4.46. The molecule has 0 unspecified atom stereocenters. The Bertz CT molecular complexity index is 656. The number of nitrogens with one attached hydrogen (secondary N) is 1. The maximum Gasteiger partial charge on any atom is 0.225 e. The van der Waals surface area contributed by atoms with Gasteiger partial charge in [0.1, 0.15) is 4.83 Å². The first-order chi connectivity index (χ1) is 8.28. The quantitative estimate of drug-likeness (QED) is 0.752. The Kier molecular flexibility index (Phi) is 2.29. The lowest BCUT2D eigenvalue weighted by Crippen LogP contribution is -2.03. The van der Waals surface area contributed by atoms with Gasteiger partial charge in [0.25, 0.3) is 0 Å². The van der Waals surface area contributed by atoms with Crippen molar-refractivity contribution in [3.8, 4) is 5.82 Å². The van der Waals surface area contributed by atoms with Crippen LogP contribution in [0.15, 0.2) is 24.5 Å². The Morgan fingerprint density at radius 3 is 2.94 bits per heavy atom. The van der Waals surface area contributed by atoms with Crippen LogP contribution in [0.3, 0.4) is 0 Å². The third-order valence-electron chi connectivity index (χ3n) is 2.44. The second-order valence-electron chi connectivity index (χ2n) is 3.65. The predicted molar refractivity (Wildman–Crippen MR) is 68.8 cm³/mol. The third-order valence-corrected chi connectivity index (χ3v) is 3.39. The summed E-state index contributed by atoms with van der Waals surface area (Å²) in [7, 11) is 1.81. The molecule has 0 radical (unpaired) electrons. The fourth-order valence-electron chi connectivity index (χ4n) is 1.71. The Morgan fingerprint density at radius 2 is 2.24 bits per heavy atom. The third kappa shape index (κ3) is 1.66. The van der Waals surface area contributed by atoms with Crippen molar-refractivity contribution >= 4 is 27.5 Å². The molecule has 17 heavy (non-hydrogen) atoms. The zero-order chi connectivity index (χ0) is 11.8. The zero-order valence-electron chi connectivity index (χ0n) is 9.51. The molecule has 0 saturated carbocycles. The van der Waals surface area contributed by atoms with E-state index in [1.54, 1.807) is 22.2 Å². The van der Waals surface area contributed by atoms with E-state index in [0.29, 0.717) is 5.95 Å². The lowest BCUT2D eigenvalue weighted by atomic mass is 10.3. The van der Waals surface area contributed by atoms with Crippen molar-refractivity contribution in [2.45, 2.75) is 6.92 Å². The molecule has 0 fully saturated rings. The zero-order valence-corrected chi connectivity index (χ0v) is 10.3. The second-order valence-corrected chi connectivity index (χ2v) is 4.88. The lowest BCUT2D eigenvalue weighted by molar-refractivity contribution is 0.853. The highest BCUT2D eigenvalue weighted by Crippen LogP contribution is 2.28. The number of anilines is 1. The molecule has 6 heteroatoms. The van der Waals surface area contributed by atoms with Crippen molar-refractivity contribution in [2.75, 3.05) is 12.4 Å². The van der Waals surface area contributed by atoms with E-state index in [2.05, 4.69) is 33.4 Å². The van der Waals surface area contributed by atoms with Crippen LogP contribution in [0.1, 0.15) is 4.88 Å². The molecule has 0 spiro atoms. The van der Waals surface area contributed by atoms with Gasteiger partial charge in [-0.15, -0.1) is 11.3 Å². The summed E-state index contributed by atoms with van der Waals surface area (Å²) >= 11 is 1.66. The fourth-order valence-corrected chi connectivity index (χ4v) is 2.58. The van der Waals surface area contributed by atoms with Gasteiger partial charge in [-0.3, -0.25) is 0 Å². The van der Waals surface area contributed by atoms with E-state index in [1.165, 1.54) is 4.88 Å². The highest BCUT2D eigenvalue weighted by Gasteiger charge is 2.11. The summed E-state index contributed by atoms with van der Waals surface area (Å²) in [5.41, 5.74) is 0. The Morgan fingerprint density at radius 1 is 1.35 bits per heavy atom. The maximum absolute atomic E-state index is 4.46. The number of hydrogen-bond acceptors (Lipinski definition) is 5. The molecule has 0 atom stereocenters. The Hall–Kier alpha value is -1.95. The molecule has 0 aliphatic rings. The van der Waals surface area contributed by atoms with Crippen LogP contribution < -0.4 is 5.32 Å². The molecule has 3 aromatic heterocycles. The van der Waals surface area contributed by atoms with Crippen molar-refractivity contribution in [3.05, 3.63) is 29.4 Å². The standard InChI is InChI=1S/C11H11N5S/c1-7-6-8-9(16-5-3-4-13-16)14-11(12-2)15-10(8)17-7/h3-6H,1-2H3,(H,12,14,15). The van der Waals surface area contributed by atoms with E-state index in [1.807, 2.05) is 19.3 Å². The van der Waals surface area contributed by atoms with Gasteiger partial charge in [0.15, 0.2) is 5.82 Å². The normalized spacial score (nSPS) is 10.9. The summed E-state index contributed by atoms with van der Waals surface area (Å²) in [6, 6.07) is 3.97.